The molecule has 0 amide bonds. The van der Waals surface area contributed by atoms with Gasteiger partial charge in [0, 0.05) is 5.39 Å². The molecule has 0 atom stereocenters. The Labute approximate surface area is 93.1 Å². The van der Waals surface area contributed by atoms with Crippen LogP contribution in [-0.2, 0) is 0 Å². The molecule has 0 aliphatic carbocycles. The average molecular weight is 212 g/mol. The van der Waals surface area contributed by atoms with E-state index in [1.165, 1.54) is 5.56 Å². The number of nitrogens with zero attached hydrogens (tertiary/aromatic N) is 2. The van der Waals surface area contributed by atoms with Crippen molar-refractivity contribution in [2.45, 2.75) is 20.8 Å². The number of rotatable bonds is 0. The van der Waals surface area contributed by atoms with Crippen molar-refractivity contribution in [1.29, 1.82) is 0 Å². The van der Waals surface area contributed by atoms with Gasteiger partial charge in [0.2, 0.25) is 0 Å². The number of aryl methyl sites for hydroxylation is 3. The summed E-state index contributed by atoms with van der Waals surface area (Å²) in [5.41, 5.74) is 4.71. The summed E-state index contributed by atoms with van der Waals surface area (Å²) in [5, 5.41) is 1.07. The summed E-state index contributed by atoms with van der Waals surface area (Å²) in [4.78, 5) is 8.78. The van der Waals surface area contributed by atoms with Gasteiger partial charge in [0.05, 0.1) is 5.69 Å². The van der Waals surface area contributed by atoms with Crippen molar-refractivity contribution in [1.82, 2.24) is 9.97 Å². The molecule has 0 aliphatic rings. The van der Waals surface area contributed by atoms with E-state index in [1.54, 1.807) is 0 Å². The molecule has 2 aromatic heterocycles. The maximum Gasteiger partial charge on any atom is 0.175 e. The summed E-state index contributed by atoms with van der Waals surface area (Å²) in [6.07, 6.45) is 0. The Balaban J connectivity index is 2.57. The van der Waals surface area contributed by atoms with Crippen molar-refractivity contribution < 1.29 is 4.42 Å². The van der Waals surface area contributed by atoms with E-state index >= 15 is 0 Å². The lowest BCUT2D eigenvalue weighted by atomic mass is 10.1. The summed E-state index contributed by atoms with van der Waals surface area (Å²) >= 11 is 0. The summed E-state index contributed by atoms with van der Waals surface area (Å²) in [5.74, 6) is 0.786. The zero-order chi connectivity index (χ0) is 11.3. The Morgan fingerprint density at radius 1 is 1.06 bits per heavy atom. The van der Waals surface area contributed by atoms with Gasteiger partial charge in [-0.3, -0.25) is 0 Å². The number of hydrogen-bond donors (Lipinski definition) is 0. The first-order valence-electron chi connectivity index (χ1n) is 5.29. The minimum Gasteiger partial charge on any atom is -0.452 e. The fraction of sp³-hybridized carbons (Fsp3) is 0.231. The van der Waals surface area contributed by atoms with E-state index < -0.39 is 0 Å². The molecular weight excluding hydrogens is 200 g/mol. The standard InChI is InChI=1S/C13H12N2O/c1-7-4-5-11-10(6-7)12-13(16-11)8(2)14-9(3)15-12/h4-6H,1-3H3. The average Bonchev–Trinajstić information content (AvgIpc) is 2.57. The van der Waals surface area contributed by atoms with Crippen molar-refractivity contribution in [3.63, 3.8) is 0 Å². The van der Waals surface area contributed by atoms with Gasteiger partial charge in [0.25, 0.3) is 0 Å². The lowest BCUT2D eigenvalue weighted by Crippen LogP contribution is -1.90. The molecule has 16 heavy (non-hydrogen) atoms. The Bertz CT molecular complexity index is 698. The van der Waals surface area contributed by atoms with Crippen LogP contribution in [0.2, 0.25) is 0 Å². The van der Waals surface area contributed by atoms with E-state index in [2.05, 4.69) is 23.0 Å². The maximum atomic E-state index is 5.77. The van der Waals surface area contributed by atoms with Gasteiger partial charge in [-0.1, -0.05) is 11.6 Å². The Kier molecular flexibility index (Phi) is 1.78. The predicted molar refractivity (Wildman–Crippen MR) is 63.5 cm³/mol. The highest BCUT2D eigenvalue weighted by atomic mass is 16.3. The zero-order valence-corrected chi connectivity index (χ0v) is 9.53. The van der Waals surface area contributed by atoms with Gasteiger partial charge in [-0.2, -0.15) is 0 Å². The molecule has 0 unspecified atom stereocenters. The Morgan fingerprint density at radius 2 is 1.88 bits per heavy atom. The van der Waals surface area contributed by atoms with Gasteiger partial charge in [-0.25, -0.2) is 9.97 Å². The fourth-order valence-corrected chi connectivity index (χ4v) is 2.03. The van der Waals surface area contributed by atoms with Gasteiger partial charge in [0.1, 0.15) is 16.9 Å². The lowest BCUT2D eigenvalue weighted by Gasteiger charge is -1.95. The second-order valence-electron chi connectivity index (χ2n) is 4.14. The summed E-state index contributed by atoms with van der Waals surface area (Å²) in [7, 11) is 0. The molecule has 0 saturated heterocycles. The first-order valence-corrected chi connectivity index (χ1v) is 5.29. The first-order chi connectivity index (χ1) is 7.65. The van der Waals surface area contributed by atoms with Gasteiger partial charge in [-0.05, 0) is 32.9 Å². The molecule has 0 aliphatic heterocycles. The second kappa shape index (κ2) is 3.04. The smallest absolute Gasteiger partial charge is 0.175 e. The van der Waals surface area contributed by atoms with Crippen molar-refractivity contribution in [3.8, 4) is 0 Å². The SMILES string of the molecule is Cc1ccc2oc3c(C)nc(C)nc3c2c1. The fourth-order valence-electron chi connectivity index (χ4n) is 2.03. The van der Waals surface area contributed by atoms with Gasteiger partial charge >= 0.3 is 0 Å². The summed E-state index contributed by atoms with van der Waals surface area (Å²) in [6.45, 7) is 5.92. The van der Waals surface area contributed by atoms with Crippen LogP contribution < -0.4 is 0 Å². The van der Waals surface area contributed by atoms with Crippen LogP contribution in [0.5, 0.6) is 0 Å². The lowest BCUT2D eigenvalue weighted by molar-refractivity contribution is 0.660. The van der Waals surface area contributed by atoms with Crippen molar-refractivity contribution >= 4 is 22.1 Å². The van der Waals surface area contributed by atoms with Crippen LogP contribution in [0.4, 0.5) is 0 Å². The van der Waals surface area contributed by atoms with E-state index in [4.69, 9.17) is 4.42 Å². The van der Waals surface area contributed by atoms with Crippen LogP contribution in [0, 0.1) is 20.8 Å². The molecule has 3 rings (SSSR count). The minimum atomic E-state index is 0.786. The number of hydrogen-bond acceptors (Lipinski definition) is 3. The number of benzene rings is 1. The third-order valence-corrected chi connectivity index (χ3v) is 2.75. The zero-order valence-electron chi connectivity index (χ0n) is 9.53. The highest BCUT2D eigenvalue weighted by molar-refractivity contribution is 6.03. The Hall–Kier alpha value is -1.90. The number of fused-ring (bicyclic) bond motifs is 3. The van der Waals surface area contributed by atoms with Gasteiger partial charge in [0.15, 0.2) is 5.58 Å². The van der Waals surface area contributed by atoms with E-state index in [9.17, 15) is 0 Å². The first kappa shape index (κ1) is 9.33. The van der Waals surface area contributed by atoms with Gasteiger partial charge < -0.3 is 4.42 Å². The second-order valence-corrected chi connectivity index (χ2v) is 4.14. The van der Waals surface area contributed by atoms with E-state index in [1.807, 2.05) is 26.0 Å². The van der Waals surface area contributed by atoms with E-state index in [-0.39, 0.29) is 0 Å². The molecule has 0 fully saturated rings. The summed E-state index contributed by atoms with van der Waals surface area (Å²) in [6, 6.07) is 6.13. The number of furan rings is 1. The predicted octanol–water partition coefficient (Wildman–Crippen LogP) is 3.30. The molecule has 0 radical (unpaired) electrons. The summed E-state index contributed by atoms with van der Waals surface area (Å²) < 4.78 is 5.77. The molecule has 3 aromatic rings. The van der Waals surface area contributed by atoms with Crippen molar-refractivity contribution in [2.24, 2.45) is 0 Å². The highest BCUT2D eigenvalue weighted by Crippen LogP contribution is 2.29. The van der Waals surface area contributed by atoms with Gasteiger partial charge in [-0.15, -0.1) is 0 Å². The monoisotopic (exact) mass is 212 g/mol. The van der Waals surface area contributed by atoms with Crippen LogP contribution in [0.3, 0.4) is 0 Å². The minimum absolute atomic E-state index is 0.786. The topological polar surface area (TPSA) is 38.9 Å². The molecule has 3 nitrogen and oxygen atoms in total. The van der Waals surface area contributed by atoms with Crippen molar-refractivity contribution in [2.75, 3.05) is 0 Å². The third kappa shape index (κ3) is 1.21. The van der Waals surface area contributed by atoms with E-state index in [0.29, 0.717) is 0 Å². The third-order valence-electron chi connectivity index (χ3n) is 2.75. The van der Waals surface area contributed by atoms with Crippen molar-refractivity contribution in [3.05, 3.63) is 35.3 Å². The van der Waals surface area contributed by atoms with Crippen LogP contribution in [-0.4, -0.2) is 9.97 Å². The van der Waals surface area contributed by atoms with Crippen LogP contribution >= 0.6 is 0 Å². The Morgan fingerprint density at radius 3 is 2.69 bits per heavy atom. The molecule has 2 heterocycles. The largest absolute Gasteiger partial charge is 0.452 e. The van der Waals surface area contributed by atoms with Crippen LogP contribution in [0.25, 0.3) is 22.1 Å². The van der Waals surface area contributed by atoms with E-state index in [0.717, 1.165) is 33.6 Å². The maximum absolute atomic E-state index is 5.77. The molecule has 0 saturated carbocycles. The molecular formula is C13H12N2O. The highest BCUT2D eigenvalue weighted by Gasteiger charge is 2.11. The molecule has 1 aromatic carbocycles. The van der Waals surface area contributed by atoms with Crippen LogP contribution in [0.1, 0.15) is 17.1 Å². The molecule has 0 spiro atoms. The quantitative estimate of drug-likeness (QED) is 0.574. The normalized spacial score (nSPS) is 11.4. The molecule has 0 N–H and O–H groups in total. The van der Waals surface area contributed by atoms with Crippen LogP contribution in [0.15, 0.2) is 22.6 Å². The molecule has 80 valence electrons. The molecule has 3 heteroatoms. The molecule has 0 bridgehead atoms. The number of aromatic nitrogens is 2.